The van der Waals surface area contributed by atoms with Crippen molar-refractivity contribution >= 4 is 5.78 Å². The number of epoxide rings is 1. The Balaban J connectivity index is 1.59. The van der Waals surface area contributed by atoms with Gasteiger partial charge in [0.2, 0.25) is 0 Å². The Bertz CT molecular complexity index is 737. The van der Waals surface area contributed by atoms with Gasteiger partial charge in [0.1, 0.15) is 18.5 Å². The lowest BCUT2D eigenvalue weighted by Crippen LogP contribution is -2.05. The van der Waals surface area contributed by atoms with Crippen molar-refractivity contribution in [1.82, 2.24) is 0 Å². The fourth-order valence-corrected chi connectivity index (χ4v) is 2.56. The van der Waals surface area contributed by atoms with Gasteiger partial charge < -0.3 is 18.9 Å². The second-order valence-electron chi connectivity index (χ2n) is 5.91. The van der Waals surface area contributed by atoms with E-state index in [9.17, 15) is 4.79 Å². The Morgan fingerprint density at radius 2 is 1.92 bits per heavy atom. The van der Waals surface area contributed by atoms with E-state index in [1.807, 2.05) is 24.3 Å². The van der Waals surface area contributed by atoms with Crippen LogP contribution in [0.5, 0.6) is 17.2 Å². The first kappa shape index (κ1) is 17.3. The quantitative estimate of drug-likeness (QED) is 0.517. The van der Waals surface area contributed by atoms with Crippen LogP contribution in [0, 0.1) is 0 Å². The van der Waals surface area contributed by atoms with Crippen molar-refractivity contribution in [2.24, 2.45) is 0 Å². The van der Waals surface area contributed by atoms with E-state index in [1.54, 1.807) is 32.4 Å². The molecule has 1 heterocycles. The van der Waals surface area contributed by atoms with Gasteiger partial charge in [-0.1, -0.05) is 12.1 Å². The summed E-state index contributed by atoms with van der Waals surface area (Å²) >= 11 is 0. The van der Waals surface area contributed by atoms with Crippen LogP contribution in [-0.4, -0.2) is 39.3 Å². The molecular weight excluding hydrogens is 320 g/mol. The molecule has 5 heteroatoms. The van der Waals surface area contributed by atoms with Crippen molar-refractivity contribution < 1.29 is 23.7 Å². The zero-order valence-electron chi connectivity index (χ0n) is 14.5. The normalized spacial score (nSPS) is 15.5. The molecule has 25 heavy (non-hydrogen) atoms. The smallest absolute Gasteiger partial charge is 0.163 e. The molecule has 1 saturated heterocycles. The molecule has 2 aromatic carbocycles. The topological polar surface area (TPSA) is 57.3 Å². The van der Waals surface area contributed by atoms with Crippen LogP contribution < -0.4 is 14.2 Å². The SMILES string of the molecule is COc1ccc(C(=O)CCc2cccc(OCC3CO3)c2)cc1OC. The Labute approximate surface area is 147 Å². The summed E-state index contributed by atoms with van der Waals surface area (Å²) in [6, 6.07) is 13.1. The van der Waals surface area contributed by atoms with Gasteiger partial charge in [0.25, 0.3) is 0 Å². The van der Waals surface area contributed by atoms with E-state index in [0.717, 1.165) is 17.9 Å². The first-order chi connectivity index (χ1) is 12.2. The molecule has 132 valence electrons. The predicted octanol–water partition coefficient (Wildman–Crippen LogP) is 3.30. The molecule has 5 nitrogen and oxygen atoms in total. The van der Waals surface area contributed by atoms with E-state index in [-0.39, 0.29) is 11.9 Å². The van der Waals surface area contributed by atoms with E-state index in [1.165, 1.54) is 0 Å². The molecule has 1 aliphatic rings. The van der Waals surface area contributed by atoms with Gasteiger partial charge in [-0.3, -0.25) is 4.79 Å². The average molecular weight is 342 g/mol. The maximum atomic E-state index is 12.4. The van der Waals surface area contributed by atoms with E-state index < -0.39 is 0 Å². The molecule has 1 atom stereocenters. The van der Waals surface area contributed by atoms with Crippen LogP contribution in [-0.2, 0) is 11.2 Å². The highest BCUT2D eigenvalue weighted by Crippen LogP contribution is 2.28. The highest BCUT2D eigenvalue weighted by atomic mass is 16.6. The van der Waals surface area contributed by atoms with Gasteiger partial charge in [0.05, 0.1) is 20.8 Å². The summed E-state index contributed by atoms with van der Waals surface area (Å²) < 4.78 is 21.3. The number of Topliss-reactive ketones (excluding diaryl/α,β-unsaturated/α-hetero) is 1. The lowest BCUT2D eigenvalue weighted by atomic mass is 10.0. The fourth-order valence-electron chi connectivity index (χ4n) is 2.56. The summed E-state index contributed by atoms with van der Waals surface area (Å²) in [5.41, 5.74) is 1.69. The molecule has 0 aliphatic carbocycles. The number of rotatable bonds is 9. The summed E-state index contributed by atoms with van der Waals surface area (Å²) in [6.45, 7) is 1.35. The van der Waals surface area contributed by atoms with Crippen LogP contribution in [0.3, 0.4) is 0 Å². The monoisotopic (exact) mass is 342 g/mol. The lowest BCUT2D eigenvalue weighted by Gasteiger charge is -2.09. The van der Waals surface area contributed by atoms with Crippen molar-refractivity contribution in [1.29, 1.82) is 0 Å². The molecular formula is C20H22O5. The van der Waals surface area contributed by atoms with E-state index >= 15 is 0 Å². The van der Waals surface area contributed by atoms with E-state index in [4.69, 9.17) is 18.9 Å². The zero-order valence-corrected chi connectivity index (χ0v) is 14.5. The van der Waals surface area contributed by atoms with Crippen LogP contribution in [0.4, 0.5) is 0 Å². The second kappa shape index (κ2) is 8.03. The lowest BCUT2D eigenvalue weighted by molar-refractivity contribution is 0.0982. The van der Waals surface area contributed by atoms with Gasteiger partial charge in [-0.15, -0.1) is 0 Å². The van der Waals surface area contributed by atoms with Gasteiger partial charge in [-0.2, -0.15) is 0 Å². The Hall–Kier alpha value is -2.53. The first-order valence-corrected chi connectivity index (χ1v) is 8.28. The largest absolute Gasteiger partial charge is 0.493 e. The maximum absolute atomic E-state index is 12.4. The van der Waals surface area contributed by atoms with Gasteiger partial charge in [0, 0.05) is 12.0 Å². The number of carbonyl (C=O) groups excluding carboxylic acids is 1. The van der Waals surface area contributed by atoms with E-state index in [2.05, 4.69) is 0 Å². The predicted molar refractivity (Wildman–Crippen MR) is 93.9 cm³/mol. The highest BCUT2D eigenvalue weighted by molar-refractivity contribution is 5.96. The van der Waals surface area contributed by atoms with Crippen LogP contribution in [0.15, 0.2) is 42.5 Å². The fraction of sp³-hybridized carbons (Fsp3) is 0.350. The molecule has 0 N–H and O–H groups in total. The van der Waals surface area contributed by atoms with Gasteiger partial charge in [-0.25, -0.2) is 0 Å². The van der Waals surface area contributed by atoms with Crippen LogP contribution in [0.25, 0.3) is 0 Å². The van der Waals surface area contributed by atoms with Crippen molar-refractivity contribution in [3.8, 4) is 17.2 Å². The third kappa shape index (κ3) is 4.73. The molecule has 3 rings (SSSR count). The minimum Gasteiger partial charge on any atom is -0.493 e. The number of aryl methyl sites for hydroxylation is 1. The van der Waals surface area contributed by atoms with Crippen molar-refractivity contribution in [2.45, 2.75) is 18.9 Å². The first-order valence-electron chi connectivity index (χ1n) is 8.28. The third-order valence-electron chi connectivity index (χ3n) is 4.08. The minimum absolute atomic E-state index is 0.0682. The van der Waals surface area contributed by atoms with Crippen molar-refractivity contribution in [3.05, 3.63) is 53.6 Å². The van der Waals surface area contributed by atoms with Crippen LogP contribution in [0.1, 0.15) is 22.3 Å². The standard InChI is InChI=1S/C20H22O5/c1-22-19-9-7-15(11-20(19)23-2)18(21)8-6-14-4-3-5-16(10-14)24-12-17-13-25-17/h3-5,7,9-11,17H,6,8,12-13H2,1-2H3. The number of benzene rings is 2. The maximum Gasteiger partial charge on any atom is 0.163 e. The number of carbonyl (C=O) groups is 1. The minimum atomic E-state index is 0.0682. The Morgan fingerprint density at radius 3 is 2.64 bits per heavy atom. The van der Waals surface area contributed by atoms with Crippen molar-refractivity contribution in [2.75, 3.05) is 27.4 Å². The highest BCUT2D eigenvalue weighted by Gasteiger charge is 2.23. The summed E-state index contributed by atoms with van der Waals surface area (Å²) in [7, 11) is 3.13. The van der Waals surface area contributed by atoms with E-state index in [0.29, 0.717) is 36.5 Å². The summed E-state index contributed by atoms with van der Waals surface area (Å²) in [5.74, 6) is 2.06. The Kier molecular flexibility index (Phi) is 5.56. The second-order valence-corrected chi connectivity index (χ2v) is 5.91. The molecule has 0 amide bonds. The number of ether oxygens (including phenoxy) is 4. The molecule has 0 saturated carbocycles. The van der Waals surface area contributed by atoms with Crippen LogP contribution in [0.2, 0.25) is 0 Å². The Morgan fingerprint density at radius 1 is 1.12 bits per heavy atom. The van der Waals surface area contributed by atoms with Gasteiger partial charge in [0.15, 0.2) is 17.3 Å². The average Bonchev–Trinajstić information content (AvgIpc) is 3.48. The number of ketones is 1. The molecule has 1 aliphatic heterocycles. The molecule has 0 spiro atoms. The van der Waals surface area contributed by atoms with Crippen LogP contribution >= 0.6 is 0 Å². The summed E-state index contributed by atoms with van der Waals surface area (Å²) in [6.07, 6.45) is 1.31. The van der Waals surface area contributed by atoms with Gasteiger partial charge >= 0.3 is 0 Å². The molecule has 0 aromatic heterocycles. The third-order valence-corrected chi connectivity index (χ3v) is 4.08. The number of hydrogen-bond donors (Lipinski definition) is 0. The zero-order chi connectivity index (χ0) is 17.6. The number of methoxy groups -OCH3 is 2. The molecule has 2 aromatic rings. The molecule has 0 radical (unpaired) electrons. The molecule has 1 unspecified atom stereocenters. The van der Waals surface area contributed by atoms with Crippen molar-refractivity contribution in [3.63, 3.8) is 0 Å². The van der Waals surface area contributed by atoms with Gasteiger partial charge in [-0.05, 0) is 42.3 Å². The molecule has 1 fully saturated rings. The molecule has 0 bridgehead atoms. The summed E-state index contributed by atoms with van der Waals surface area (Å²) in [5, 5.41) is 0. The summed E-state index contributed by atoms with van der Waals surface area (Å²) in [4.78, 5) is 12.4. The number of hydrogen-bond acceptors (Lipinski definition) is 5.